The van der Waals surface area contributed by atoms with Crippen molar-refractivity contribution in [1.29, 1.82) is 0 Å². The average Bonchev–Trinajstić information content (AvgIpc) is 2.63. The number of rotatable bonds is 10. The molecule has 2 aromatic carbocycles. The van der Waals surface area contributed by atoms with Crippen molar-refractivity contribution in [3.8, 4) is 11.5 Å². The molecule has 0 radical (unpaired) electrons. The van der Waals surface area contributed by atoms with Gasteiger partial charge in [0.25, 0.3) is 0 Å². The number of nitrogens with two attached hydrogens (primary N) is 1. The van der Waals surface area contributed by atoms with Crippen LogP contribution in [0.2, 0.25) is 5.02 Å². The van der Waals surface area contributed by atoms with Crippen LogP contribution in [0.4, 0.5) is 0 Å². The Kier molecular flexibility index (Phi) is 8.47. The molecule has 0 unspecified atom stereocenters. The first-order valence-electron chi connectivity index (χ1n) is 8.62. The third-order valence-corrected chi connectivity index (χ3v) is 6.46. The van der Waals surface area contributed by atoms with E-state index in [1.54, 1.807) is 43.1 Å². The van der Waals surface area contributed by atoms with Crippen LogP contribution in [0, 0.1) is 6.92 Å². The van der Waals surface area contributed by atoms with E-state index in [1.165, 1.54) is 12.1 Å². The SMILES string of the molecule is C[NH+]=C(N)CSCCCOc1cc(C)cc(OS(=O)(=O)c2ccccc2Cl)c1. The molecule has 0 spiro atoms. The topological polar surface area (TPSA) is 92.6 Å². The summed E-state index contributed by atoms with van der Waals surface area (Å²) in [6.07, 6.45) is 0.837. The van der Waals surface area contributed by atoms with Crippen molar-refractivity contribution >= 4 is 39.3 Å². The van der Waals surface area contributed by atoms with Crippen LogP contribution in [0.5, 0.6) is 11.5 Å². The first-order chi connectivity index (χ1) is 13.3. The molecular weight excluding hydrogens is 420 g/mol. The standard InChI is InChI=1S/C19H23ClN2O4S2/c1-14-10-15(25-8-5-9-27-13-19(21)22-2)12-16(11-14)26-28(23,24)18-7-4-3-6-17(18)20/h3-4,6-7,10-12H,5,8-9,13H2,1-2H3,(H2,21,22)/p+1. The van der Waals surface area contributed by atoms with Gasteiger partial charge in [0, 0.05) is 6.07 Å². The number of halogens is 1. The lowest BCUT2D eigenvalue weighted by Crippen LogP contribution is -2.71. The molecule has 0 heterocycles. The van der Waals surface area contributed by atoms with E-state index in [1.807, 2.05) is 13.0 Å². The van der Waals surface area contributed by atoms with E-state index in [-0.39, 0.29) is 15.7 Å². The Labute approximate surface area is 175 Å². The molecule has 0 aliphatic carbocycles. The van der Waals surface area contributed by atoms with Crippen molar-refractivity contribution in [2.45, 2.75) is 18.2 Å². The molecule has 0 saturated heterocycles. The van der Waals surface area contributed by atoms with Gasteiger partial charge in [0.05, 0.1) is 24.4 Å². The van der Waals surface area contributed by atoms with Crippen molar-refractivity contribution in [2.75, 3.05) is 25.2 Å². The van der Waals surface area contributed by atoms with Gasteiger partial charge in [0.2, 0.25) is 5.84 Å². The first kappa shape index (κ1) is 22.4. The lowest BCUT2D eigenvalue weighted by atomic mass is 10.2. The van der Waals surface area contributed by atoms with Gasteiger partial charge >= 0.3 is 10.1 Å². The van der Waals surface area contributed by atoms with Gasteiger partial charge in [0.1, 0.15) is 16.4 Å². The highest BCUT2D eigenvalue weighted by Crippen LogP contribution is 2.28. The number of amidine groups is 1. The molecule has 0 fully saturated rings. The van der Waals surface area contributed by atoms with E-state index >= 15 is 0 Å². The summed E-state index contributed by atoms with van der Waals surface area (Å²) in [5.74, 6) is 3.12. The Morgan fingerprint density at radius 2 is 1.93 bits per heavy atom. The van der Waals surface area contributed by atoms with Gasteiger partial charge in [-0.15, -0.1) is 11.8 Å². The number of nitrogens with one attached hydrogen (secondary N) is 1. The summed E-state index contributed by atoms with van der Waals surface area (Å²) in [5.41, 5.74) is 6.52. The number of aryl methyl sites for hydroxylation is 1. The average molecular weight is 444 g/mol. The fraction of sp³-hybridized carbons (Fsp3) is 0.316. The monoisotopic (exact) mass is 443 g/mol. The highest BCUT2D eigenvalue weighted by Gasteiger charge is 2.20. The van der Waals surface area contributed by atoms with Crippen LogP contribution < -0.4 is 19.6 Å². The first-order valence-corrected chi connectivity index (χ1v) is 11.6. The molecule has 0 saturated carbocycles. The van der Waals surface area contributed by atoms with Crippen LogP contribution in [0.25, 0.3) is 0 Å². The lowest BCUT2D eigenvalue weighted by Gasteiger charge is -2.12. The summed E-state index contributed by atoms with van der Waals surface area (Å²) in [6.45, 7) is 2.35. The molecule has 0 aliphatic rings. The van der Waals surface area contributed by atoms with Gasteiger partial charge in [-0.1, -0.05) is 23.7 Å². The normalized spacial score (nSPS) is 12.0. The molecule has 2 aromatic rings. The van der Waals surface area contributed by atoms with E-state index in [2.05, 4.69) is 4.99 Å². The second-order valence-electron chi connectivity index (χ2n) is 5.98. The van der Waals surface area contributed by atoms with Gasteiger partial charge in [-0.2, -0.15) is 8.42 Å². The minimum Gasteiger partial charge on any atom is -0.493 e. The molecular formula is C19H24ClN2O4S2+. The van der Waals surface area contributed by atoms with E-state index in [0.29, 0.717) is 12.4 Å². The van der Waals surface area contributed by atoms with Crippen molar-refractivity contribution in [3.63, 3.8) is 0 Å². The second kappa shape index (κ2) is 10.6. The molecule has 152 valence electrons. The van der Waals surface area contributed by atoms with Crippen LogP contribution in [-0.2, 0) is 10.1 Å². The van der Waals surface area contributed by atoms with Crippen molar-refractivity contribution < 1.29 is 22.3 Å². The predicted octanol–water partition coefficient (Wildman–Crippen LogP) is 1.99. The Bertz CT molecular complexity index is 933. The molecule has 2 rings (SSSR count). The summed E-state index contributed by atoms with van der Waals surface area (Å²) in [7, 11) is -2.24. The molecule has 3 N–H and O–H groups in total. The summed E-state index contributed by atoms with van der Waals surface area (Å²) in [4.78, 5) is 2.83. The Morgan fingerprint density at radius 3 is 2.64 bits per heavy atom. The van der Waals surface area contributed by atoms with Crippen LogP contribution in [0.3, 0.4) is 0 Å². The zero-order chi connectivity index (χ0) is 20.6. The maximum atomic E-state index is 12.5. The summed E-state index contributed by atoms with van der Waals surface area (Å²) in [6, 6.07) is 11.2. The molecule has 0 aliphatic heterocycles. The number of ether oxygens (including phenoxy) is 1. The zero-order valence-electron chi connectivity index (χ0n) is 15.8. The van der Waals surface area contributed by atoms with E-state index in [4.69, 9.17) is 26.3 Å². The van der Waals surface area contributed by atoms with Gasteiger partial charge in [-0.05, 0) is 48.9 Å². The van der Waals surface area contributed by atoms with Gasteiger partial charge in [-0.3, -0.25) is 10.7 Å². The van der Waals surface area contributed by atoms with Crippen molar-refractivity contribution in [3.05, 3.63) is 53.1 Å². The largest absolute Gasteiger partial charge is 0.493 e. The van der Waals surface area contributed by atoms with Gasteiger partial charge < -0.3 is 8.92 Å². The number of benzene rings is 2. The molecule has 6 nitrogen and oxygen atoms in total. The predicted molar refractivity (Wildman–Crippen MR) is 114 cm³/mol. The third kappa shape index (κ3) is 6.92. The third-order valence-electron chi connectivity index (χ3n) is 3.62. The molecule has 0 amide bonds. The summed E-state index contributed by atoms with van der Waals surface area (Å²) in [5, 5.41) is 0.111. The summed E-state index contributed by atoms with van der Waals surface area (Å²) < 4.78 is 36.0. The second-order valence-corrected chi connectivity index (χ2v) is 9.01. The molecule has 9 heteroatoms. The van der Waals surface area contributed by atoms with Crippen molar-refractivity contribution in [1.82, 2.24) is 0 Å². The minimum atomic E-state index is -4.03. The van der Waals surface area contributed by atoms with Crippen LogP contribution in [0.1, 0.15) is 12.0 Å². The van der Waals surface area contributed by atoms with Crippen LogP contribution >= 0.6 is 23.4 Å². The smallest absolute Gasteiger partial charge is 0.340 e. The fourth-order valence-corrected chi connectivity index (χ4v) is 4.51. The van der Waals surface area contributed by atoms with Crippen LogP contribution in [0.15, 0.2) is 47.4 Å². The highest BCUT2D eigenvalue weighted by molar-refractivity contribution is 7.99. The number of hydrogen-bond acceptors (Lipinski definition) is 5. The quantitative estimate of drug-likeness (QED) is 0.252. The Hall–Kier alpha value is -1.90. The molecule has 28 heavy (non-hydrogen) atoms. The van der Waals surface area contributed by atoms with E-state index in [9.17, 15) is 8.42 Å². The fourth-order valence-electron chi connectivity index (χ4n) is 2.27. The van der Waals surface area contributed by atoms with Gasteiger partial charge in [0.15, 0.2) is 0 Å². The Balaban J connectivity index is 1.97. The van der Waals surface area contributed by atoms with E-state index in [0.717, 1.165) is 29.3 Å². The highest BCUT2D eigenvalue weighted by atomic mass is 35.5. The number of thioether (sulfide) groups is 1. The summed E-state index contributed by atoms with van der Waals surface area (Å²) >= 11 is 7.69. The lowest BCUT2D eigenvalue weighted by molar-refractivity contribution is -0.421. The Morgan fingerprint density at radius 1 is 1.21 bits per heavy atom. The maximum absolute atomic E-state index is 12.5. The molecule has 0 atom stereocenters. The van der Waals surface area contributed by atoms with E-state index < -0.39 is 10.1 Å². The van der Waals surface area contributed by atoms with Crippen LogP contribution in [-0.4, -0.2) is 39.4 Å². The van der Waals surface area contributed by atoms with Crippen molar-refractivity contribution in [2.24, 2.45) is 5.73 Å². The number of hydrogen-bond donors (Lipinski definition) is 2. The molecule has 0 bridgehead atoms. The van der Waals surface area contributed by atoms with Gasteiger partial charge in [-0.25, -0.2) is 0 Å². The molecule has 0 aromatic heterocycles. The minimum absolute atomic E-state index is 0.0738. The maximum Gasteiger partial charge on any atom is 0.340 e. The zero-order valence-corrected chi connectivity index (χ0v) is 18.2.